The van der Waals surface area contributed by atoms with E-state index in [1.54, 1.807) is 11.1 Å². The van der Waals surface area contributed by atoms with E-state index in [4.69, 9.17) is 5.26 Å². The summed E-state index contributed by atoms with van der Waals surface area (Å²) in [5.74, 6) is -1.16. The van der Waals surface area contributed by atoms with Gasteiger partial charge in [0.05, 0.1) is 17.6 Å². The lowest BCUT2D eigenvalue weighted by atomic mass is 9.98. The van der Waals surface area contributed by atoms with Gasteiger partial charge in [0.1, 0.15) is 12.0 Å². The monoisotopic (exact) mass is 414 g/mol. The number of hydrazine groups is 1. The highest BCUT2D eigenvalue weighted by atomic mass is 19.4. The van der Waals surface area contributed by atoms with Crippen LogP contribution in [-0.2, 0) is 11.3 Å². The molecule has 1 amide bonds. The number of nitrogens with zero attached hydrogens (tertiary/aromatic N) is 2. The van der Waals surface area contributed by atoms with Gasteiger partial charge in [-0.15, -0.1) is 13.2 Å². The zero-order valence-corrected chi connectivity index (χ0v) is 16.3. The number of rotatable bonds is 7. The van der Waals surface area contributed by atoms with Gasteiger partial charge in [0.25, 0.3) is 0 Å². The Bertz CT molecular complexity index is 749. The number of carbonyl (C=O) groups is 1. The Morgan fingerprint density at radius 2 is 2.17 bits per heavy atom. The van der Waals surface area contributed by atoms with E-state index in [0.29, 0.717) is 19.5 Å². The Labute approximate surface area is 167 Å². The smallest absolute Gasteiger partial charge is 0.405 e. The molecule has 0 radical (unpaired) electrons. The van der Waals surface area contributed by atoms with Crippen molar-refractivity contribution >= 4 is 5.91 Å². The van der Waals surface area contributed by atoms with Crippen molar-refractivity contribution in [2.45, 2.75) is 45.8 Å². The number of piperidine rings is 1. The molecular formula is C19H25F3N4O3. The van der Waals surface area contributed by atoms with Crippen LogP contribution < -0.4 is 15.5 Å². The molecule has 1 aromatic carbocycles. The molecule has 29 heavy (non-hydrogen) atoms. The summed E-state index contributed by atoms with van der Waals surface area (Å²) in [6.07, 6.45) is -4.24. The van der Waals surface area contributed by atoms with E-state index in [-0.39, 0.29) is 35.4 Å². The second-order valence-electron chi connectivity index (χ2n) is 7.30. The van der Waals surface area contributed by atoms with Crippen LogP contribution in [0.25, 0.3) is 0 Å². The number of benzene rings is 1. The quantitative estimate of drug-likeness (QED) is 0.592. The highest BCUT2D eigenvalue weighted by Gasteiger charge is 2.32. The minimum absolute atomic E-state index is 0.00707. The molecule has 1 fully saturated rings. The highest BCUT2D eigenvalue weighted by Crippen LogP contribution is 2.27. The normalized spacial score (nSPS) is 18.9. The summed E-state index contributed by atoms with van der Waals surface area (Å²) in [7, 11) is 0. The van der Waals surface area contributed by atoms with E-state index in [0.717, 1.165) is 12.5 Å². The number of hydrogen-bond acceptors (Lipinski definition) is 6. The van der Waals surface area contributed by atoms with Crippen LogP contribution >= 0.6 is 0 Å². The van der Waals surface area contributed by atoms with Crippen molar-refractivity contribution in [3.05, 3.63) is 29.3 Å². The molecule has 0 aromatic heterocycles. The minimum atomic E-state index is -4.90. The third kappa shape index (κ3) is 7.20. The molecule has 0 bridgehead atoms. The first-order valence-electron chi connectivity index (χ1n) is 9.34. The number of halogens is 3. The van der Waals surface area contributed by atoms with Crippen molar-refractivity contribution in [3.63, 3.8) is 0 Å². The van der Waals surface area contributed by atoms with Gasteiger partial charge in [0.2, 0.25) is 5.91 Å². The second kappa shape index (κ2) is 9.91. The lowest BCUT2D eigenvalue weighted by molar-refractivity contribution is -0.274. The maximum absolute atomic E-state index is 12.6. The van der Waals surface area contributed by atoms with Crippen molar-refractivity contribution in [3.8, 4) is 11.8 Å². The fraction of sp³-hybridized carbons (Fsp3) is 0.579. The molecular weight excluding hydrogens is 389 g/mol. The fourth-order valence-electron chi connectivity index (χ4n) is 2.96. The number of aliphatic hydroxyl groups excluding tert-OH is 1. The predicted octanol–water partition coefficient (Wildman–Crippen LogP) is 2.26. The number of nitriles is 1. The van der Waals surface area contributed by atoms with Gasteiger partial charge in [0.15, 0.2) is 0 Å². The summed E-state index contributed by atoms with van der Waals surface area (Å²) in [4.78, 5) is 12.5. The highest BCUT2D eigenvalue weighted by molar-refractivity contribution is 5.79. The zero-order chi connectivity index (χ0) is 21.6. The largest absolute Gasteiger partial charge is 0.573 e. The first-order chi connectivity index (χ1) is 13.6. The number of carbonyl (C=O) groups excluding carboxylic acids is 1. The van der Waals surface area contributed by atoms with Crippen LogP contribution in [0.1, 0.15) is 37.8 Å². The zero-order valence-electron chi connectivity index (χ0n) is 16.3. The molecule has 1 unspecified atom stereocenters. The van der Waals surface area contributed by atoms with Crippen LogP contribution in [-0.4, -0.2) is 41.7 Å². The minimum Gasteiger partial charge on any atom is -0.405 e. The Morgan fingerprint density at radius 3 is 2.79 bits per heavy atom. The average Bonchev–Trinajstić information content (AvgIpc) is 2.65. The predicted molar refractivity (Wildman–Crippen MR) is 98.0 cm³/mol. The van der Waals surface area contributed by atoms with Crippen molar-refractivity contribution in [1.82, 2.24) is 15.8 Å². The van der Waals surface area contributed by atoms with E-state index >= 15 is 0 Å². The molecule has 1 aliphatic heterocycles. The van der Waals surface area contributed by atoms with Crippen molar-refractivity contribution in [2.24, 2.45) is 11.8 Å². The van der Waals surface area contributed by atoms with Gasteiger partial charge in [-0.25, -0.2) is 10.4 Å². The molecule has 2 atom stereocenters. The third-order valence-corrected chi connectivity index (χ3v) is 4.61. The van der Waals surface area contributed by atoms with E-state index in [2.05, 4.69) is 15.5 Å². The molecule has 0 spiro atoms. The summed E-state index contributed by atoms with van der Waals surface area (Å²) in [5, 5.41) is 23.2. The lowest BCUT2D eigenvalue weighted by Crippen LogP contribution is -2.53. The van der Waals surface area contributed by atoms with Crippen molar-refractivity contribution < 1.29 is 27.8 Å². The van der Waals surface area contributed by atoms with E-state index in [1.807, 2.05) is 13.8 Å². The number of hydrogen-bond donors (Lipinski definition) is 3. The first kappa shape index (κ1) is 22.9. The molecule has 7 nitrogen and oxygen atoms in total. The number of aliphatic hydroxyl groups is 1. The Hall–Kier alpha value is -2.35. The van der Waals surface area contributed by atoms with Crippen LogP contribution in [0.5, 0.6) is 5.75 Å². The number of ether oxygens (including phenoxy) is 1. The Morgan fingerprint density at radius 1 is 1.45 bits per heavy atom. The van der Waals surface area contributed by atoms with Gasteiger partial charge in [-0.1, -0.05) is 19.9 Å². The Balaban J connectivity index is 1.98. The topological polar surface area (TPSA) is 97.6 Å². The van der Waals surface area contributed by atoms with Crippen LogP contribution in [0.2, 0.25) is 0 Å². The average molecular weight is 414 g/mol. The summed E-state index contributed by atoms with van der Waals surface area (Å²) < 4.78 is 41.9. The van der Waals surface area contributed by atoms with Gasteiger partial charge in [-0.05, 0) is 30.9 Å². The first-order valence-corrected chi connectivity index (χ1v) is 9.34. The lowest BCUT2D eigenvalue weighted by Gasteiger charge is -2.34. The van der Waals surface area contributed by atoms with E-state index in [9.17, 15) is 23.1 Å². The molecule has 0 aliphatic carbocycles. The van der Waals surface area contributed by atoms with Crippen molar-refractivity contribution in [1.29, 1.82) is 5.26 Å². The SMILES string of the molecule is CC(C)C(O)NN1CCC[C@@H](C(=O)NCc2ccc(C#N)cc2OC(F)(F)F)C1. The standard InChI is InChI=1S/C19H25F3N4O3/c1-12(2)17(27)25-26-7-3-4-15(11-26)18(28)24-10-14-6-5-13(9-23)8-16(14)29-19(20,21)22/h5-6,8,12,15,17,25,27H,3-4,7,10-11H2,1-2H3,(H,24,28)/t15-,17?/m1/s1. The molecule has 3 N–H and O–H groups in total. The maximum Gasteiger partial charge on any atom is 0.573 e. The summed E-state index contributed by atoms with van der Waals surface area (Å²) >= 11 is 0. The molecule has 0 saturated carbocycles. The molecule has 1 heterocycles. The van der Waals surface area contributed by atoms with Gasteiger partial charge in [0, 0.05) is 25.2 Å². The van der Waals surface area contributed by atoms with Gasteiger partial charge >= 0.3 is 6.36 Å². The van der Waals surface area contributed by atoms with Crippen molar-refractivity contribution in [2.75, 3.05) is 13.1 Å². The van der Waals surface area contributed by atoms with Crippen LogP contribution in [0.3, 0.4) is 0 Å². The van der Waals surface area contributed by atoms with Crippen LogP contribution in [0, 0.1) is 23.2 Å². The number of alkyl halides is 3. The summed E-state index contributed by atoms with van der Waals surface area (Å²) in [5.41, 5.74) is 3.10. The van der Waals surface area contributed by atoms with Crippen LogP contribution in [0.15, 0.2) is 18.2 Å². The summed E-state index contributed by atoms with van der Waals surface area (Å²) in [6, 6.07) is 5.44. The van der Waals surface area contributed by atoms with Gasteiger partial charge < -0.3 is 15.2 Å². The van der Waals surface area contributed by atoms with Crippen LogP contribution in [0.4, 0.5) is 13.2 Å². The fourth-order valence-corrected chi connectivity index (χ4v) is 2.96. The van der Waals surface area contributed by atoms with E-state index < -0.39 is 18.3 Å². The second-order valence-corrected chi connectivity index (χ2v) is 7.30. The van der Waals surface area contributed by atoms with Gasteiger partial charge in [-0.2, -0.15) is 5.26 Å². The molecule has 2 rings (SSSR count). The Kier molecular flexibility index (Phi) is 7.84. The molecule has 1 saturated heterocycles. The number of nitrogens with one attached hydrogen (secondary N) is 2. The molecule has 160 valence electrons. The molecule has 1 aliphatic rings. The maximum atomic E-state index is 12.6. The molecule has 10 heteroatoms. The molecule has 1 aromatic rings. The third-order valence-electron chi connectivity index (χ3n) is 4.61. The van der Waals surface area contributed by atoms with E-state index in [1.165, 1.54) is 12.1 Å². The van der Waals surface area contributed by atoms with Gasteiger partial charge in [-0.3, -0.25) is 4.79 Å². The summed E-state index contributed by atoms with van der Waals surface area (Å²) in [6.45, 7) is 4.64. The number of amides is 1.